The Kier molecular flexibility index (Phi) is 5.91. The highest BCUT2D eigenvalue weighted by Crippen LogP contribution is 1.96. The van der Waals surface area contributed by atoms with Gasteiger partial charge < -0.3 is 10.6 Å². The molecule has 0 rings (SSSR count). The van der Waals surface area contributed by atoms with E-state index in [1.165, 1.54) is 0 Å². The summed E-state index contributed by atoms with van der Waals surface area (Å²) in [7, 11) is -3.17. The maximum atomic E-state index is 11.3. The predicted octanol–water partition coefficient (Wildman–Crippen LogP) is -0.960. The van der Waals surface area contributed by atoms with E-state index in [9.17, 15) is 13.2 Å². The Morgan fingerprint density at radius 3 is 2.19 bits per heavy atom. The van der Waals surface area contributed by atoms with E-state index < -0.39 is 10.0 Å². The number of carbonyl (C=O) groups is 1. The third-order valence-corrected chi connectivity index (χ3v) is 2.32. The van der Waals surface area contributed by atoms with Crippen molar-refractivity contribution in [2.75, 3.05) is 25.9 Å². The minimum absolute atomic E-state index is 0.109. The van der Waals surface area contributed by atoms with Crippen molar-refractivity contribution in [2.24, 2.45) is 0 Å². The van der Waals surface area contributed by atoms with Gasteiger partial charge in [0.05, 0.1) is 12.8 Å². The molecule has 0 unspecified atom stereocenters. The highest BCUT2D eigenvalue weighted by Gasteiger charge is 2.10. The van der Waals surface area contributed by atoms with Crippen molar-refractivity contribution >= 4 is 15.9 Å². The second-order valence-electron chi connectivity index (χ2n) is 4.62. The first kappa shape index (κ1) is 15.3. The van der Waals surface area contributed by atoms with Gasteiger partial charge >= 0.3 is 0 Å². The highest BCUT2D eigenvalue weighted by atomic mass is 32.2. The van der Waals surface area contributed by atoms with Gasteiger partial charge in [0.15, 0.2) is 0 Å². The van der Waals surface area contributed by atoms with Crippen LogP contribution in [0.4, 0.5) is 0 Å². The Morgan fingerprint density at radius 1 is 1.19 bits per heavy atom. The minimum atomic E-state index is -3.17. The molecule has 0 fully saturated rings. The summed E-state index contributed by atoms with van der Waals surface area (Å²) in [4.78, 5) is 11.3. The fourth-order valence-electron chi connectivity index (χ4n) is 0.846. The van der Waals surface area contributed by atoms with Gasteiger partial charge in [0.25, 0.3) is 0 Å². The molecule has 1 amide bonds. The SMILES string of the molecule is CC(C)(C)NCC(=O)NCCNS(C)(=O)=O. The van der Waals surface area contributed by atoms with Crippen LogP contribution in [0.25, 0.3) is 0 Å². The van der Waals surface area contributed by atoms with Gasteiger partial charge in [-0.2, -0.15) is 0 Å². The van der Waals surface area contributed by atoms with Crippen molar-refractivity contribution in [1.82, 2.24) is 15.4 Å². The summed E-state index contributed by atoms with van der Waals surface area (Å²) in [6.45, 7) is 6.61. The van der Waals surface area contributed by atoms with E-state index in [-0.39, 0.29) is 31.1 Å². The molecule has 0 saturated carbocycles. The quantitative estimate of drug-likeness (QED) is 0.531. The van der Waals surface area contributed by atoms with E-state index in [1.807, 2.05) is 20.8 Å². The summed E-state index contributed by atoms with van der Waals surface area (Å²) in [5.74, 6) is -0.148. The van der Waals surface area contributed by atoms with E-state index >= 15 is 0 Å². The summed E-state index contributed by atoms with van der Waals surface area (Å²) in [6, 6.07) is 0. The van der Waals surface area contributed by atoms with Crippen LogP contribution in [0.3, 0.4) is 0 Å². The Morgan fingerprint density at radius 2 is 1.75 bits per heavy atom. The van der Waals surface area contributed by atoms with E-state index in [1.54, 1.807) is 0 Å². The molecule has 16 heavy (non-hydrogen) atoms. The van der Waals surface area contributed by atoms with Gasteiger partial charge in [0.2, 0.25) is 15.9 Å². The molecule has 6 nitrogen and oxygen atoms in total. The number of sulfonamides is 1. The fraction of sp³-hybridized carbons (Fsp3) is 0.889. The van der Waals surface area contributed by atoms with Gasteiger partial charge in [-0.1, -0.05) is 0 Å². The van der Waals surface area contributed by atoms with E-state index in [0.29, 0.717) is 0 Å². The monoisotopic (exact) mass is 251 g/mol. The van der Waals surface area contributed by atoms with Crippen molar-refractivity contribution in [3.63, 3.8) is 0 Å². The Bertz CT molecular complexity index is 319. The van der Waals surface area contributed by atoms with Gasteiger partial charge in [-0.25, -0.2) is 13.1 Å². The first-order valence-electron chi connectivity index (χ1n) is 5.06. The lowest BCUT2D eigenvalue weighted by molar-refractivity contribution is -0.120. The topological polar surface area (TPSA) is 87.3 Å². The predicted molar refractivity (Wildman–Crippen MR) is 63.6 cm³/mol. The molecule has 0 aliphatic heterocycles. The molecule has 0 spiro atoms. The maximum Gasteiger partial charge on any atom is 0.234 e. The molecule has 7 heteroatoms. The van der Waals surface area contributed by atoms with Crippen LogP contribution in [0.15, 0.2) is 0 Å². The van der Waals surface area contributed by atoms with Crippen LogP contribution >= 0.6 is 0 Å². The van der Waals surface area contributed by atoms with Crippen molar-refractivity contribution in [2.45, 2.75) is 26.3 Å². The average Bonchev–Trinajstić information content (AvgIpc) is 2.06. The number of hydrogen-bond donors (Lipinski definition) is 3. The smallest absolute Gasteiger partial charge is 0.234 e. The van der Waals surface area contributed by atoms with Crippen molar-refractivity contribution in [3.8, 4) is 0 Å². The number of nitrogens with one attached hydrogen (secondary N) is 3. The molecule has 0 atom stereocenters. The van der Waals surface area contributed by atoms with Gasteiger partial charge in [-0.05, 0) is 20.8 Å². The third-order valence-electron chi connectivity index (χ3n) is 1.59. The largest absolute Gasteiger partial charge is 0.354 e. The minimum Gasteiger partial charge on any atom is -0.354 e. The standard InChI is InChI=1S/C9H21N3O3S/c1-9(2,3)11-7-8(13)10-5-6-12-16(4,14)15/h11-12H,5-7H2,1-4H3,(H,10,13). The lowest BCUT2D eigenvalue weighted by atomic mass is 10.1. The number of amides is 1. The van der Waals surface area contributed by atoms with Gasteiger partial charge in [0.1, 0.15) is 0 Å². The van der Waals surface area contributed by atoms with E-state index in [0.717, 1.165) is 6.26 Å². The van der Waals surface area contributed by atoms with Gasteiger partial charge in [-0.15, -0.1) is 0 Å². The molecule has 3 N–H and O–H groups in total. The van der Waals surface area contributed by atoms with Crippen LogP contribution in [0, 0.1) is 0 Å². The maximum absolute atomic E-state index is 11.3. The molecule has 0 bridgehead atoms. The zero-order chi connectivity index (χ0) is 12.8. The third kappa shape index (κ3) is 11.4. The van der Waals surface area contributed by atoms with Gasteiger partial charge in [-0.3, -0.25) is 4.79 Å². The Balaban J connectivity index is 3.60. The molecule has 0 aliphatic carbocycles. The average molecular weight is 251 g/mol. The molecule has 0 aliphatic rings. The van der Waals surface area contributed by atoms with Crippen LogP contribution in [0.1, 0.15) is 20.8 Å². The normalized spacial score (nSPS) is 12.5. The summed E-state index contributed by atoms with van der Waals surface area (Å²) >= 11 is 0. The zero-order valence-electron chi connectivity index (χ0n) is 10.3. The molecule has 96 valence electrons. The van der Waals surface area contributed by atoms with E-state index in [4.69, 9.17) is 0 Å². The lowest BCUT2D eigenvalue weighted by Crippen LogP contribution is -2.44. The van der Waals surface area contributed by atoms with Crippen molar-refractivity contribution < 1.29 is 13.2 Å². The van der Waals surface area contributed by atoms with Crippen LogP contribution < -0.4 is 15.4 Å². The van der Waals surface area contributed by atoms with E-state index in [2.05, 4.69) is 15.4 Å². The number of carbonyl (C=O) groups excluding carboxylic acids is 1. The molecule has 0 aromatic carbocycles. The van der Waals surface area contributed by atoms with Crippen molar-refractivity contribution in [3.05, 3.63) is 0 Å². The van der Waals surface area contributed by atoms with Crippen LogP contribution in [0.5, 0.6) is 0 Å². The summed E-state index contributed by atoms with van der Waals surface area (Å²) < 4.78 is 23.7. The second kappa shape index (κ2) is 6.17. The van der Waals surface area contributed by atoms with Crippen LogP contribution in [-0.2, 0) is 14.8 Å². The Labute approximate surface area is 97.2 Å². The Hall–Kier alpha value is -0.660. The summed E-state index contributed by atoms with van der Waals surface area (Å²) in [5, 5.41) is 5.63. The number of rotatable bonds is 6. The summed E-state index contributed by atoms with van der Waals surface area (Å²) in [5.41, 5.74) is -0.109. The zero-order valence-corrected chi connectivity index (χ0v) is 11.1. The molecular weight excluding hydrogens is 230 g/mol. The molecule has 0 aromatic rings. The summed E-state index contributed by atoms with van der Waals surface area (Å²) in [6.07, 6.45) is 1.08. The first-order chi connectivity index (χ1) is 7.10. The molecular formula is C9H21N3O3S. The van der Waals surface area contributed by atoms with Crippen molar-refractivity contribution in [1.29, 1.82) is 0 Å². The molecule has 0 heterocycles. The molecule has 0 radical (unpaired) electrons. The van der Waals surface area contributed by atoms with Gasteiger partial charge in [0, 0.05) is 18.6 Å². The van der Waals surface area contributed by atoms with Crippen LogP contribution in [0.2, 0.25) is 0 Å². The highest BCUT2D eigenvalue weighted by molar-refractivity contribution is 7.88. The second-order valence-corrected chi connectivity index (χ2v) is 6.45. The first-order valence-corrected chi connectivity index (χ1v) is 6.96. The lowest BCUT2D eigenvalue weighted by Gasteiger charge is -2.19. The molecule has 0 aromatic heterocycles. The molecule has 0 saturated heterocycles. The van der Waals surface area contributed by atoms with Crippen LogP contribution in [-0.4, -0.2) is 45.8 Å². The number of hydrogen-bond acceptors (Lipinski definition) is 4. The fourth-order valence-corrected chi connectivity index (χ4v) is 1.32.